The van der Waals surface area contributed by atoms with E-state index in [2.05, 4.69) is 0 Å². The Balaban J connectivity index is 2.27. The molecule has 0 saturated carbocycles. The molecule has 0 aromatic rings. The third-order valence-corrected chi connectivity index (χ3v) is 4.43. The summed E-state index contributed by atoms with van der Waals surface area (Å²) in [5.74, 6) is 0. The summed E-state index contributed by atoms with van der Waals surface area (Å²) in [5.41, 5.74) is -0.296. The van der Waals surface area contributed by atoms with Crippen LogP contribution in [0, 0.1) is 0 Å². The molecule has 3 unspecified atom stereocenters. The van der Waals surface area contributed by atoms with Gasteiger partial charge in [0, 0.05) is 7.11 Å². The van der Waals surface area contributed by atoms with Gasteiger partial charge < -0.3 is 14.3 Å². The summed E-state index contributed by atoms with van der Waals surface area (Å²) in [6, 6.07) is 0.970. The van der Waals surface area contributed by atoms with Crippen molar-refractivity contribution in [2.24, 2.45) is 0 Å². The minimum Gasteiger partial charge on any atom is -0.420 e. The largest absolute Gasteiger partial charge is 0.420 e. The maximum atomic E-state index is 9.46. The molecular weight excluding hydrogens is 148 g/mol. The number of aliphatic hydroxyl groups is 1. The van der Waals surface area contributed by atoms with Crippen molar-refractivity contribution in [1.29, 1.82) is 0 Å². The highest BCUT2D eigenvalue weighted by Gasteiger charge is 2.37. The summed E-state index contributed by atoms with van der Waals surface area (Å²) in [6.45, 7) is 2.76. The quantitative estimate of drug-likeness (QED) is 0.455. The molecule has 3 nitrogen and oxygen atoms in total. The van der Waals surface area contributed by atoms with E-state index in [1.807, 2.05) is 6.92 Å². The maximum absolute atomic E-state index is 9.46. The Hall–Kier alpha value is 0.0969. The first-order chi connectivity index (χ1) is 4.79. The molecule has 0 radical (unpaired) electrons. The molecule has 3 atom stereocenters. The fourth-order valence-electron chi connectivity index (χ4n) is 1.04. The number of ether oxygens (including phenoxy) is 1. The molecule has 1 heterocycles. The average Bonchev–Trinajstić information content (AvgIpc) is 2.71. The van der Waals surface area contributed by atoms with Crippen LogP contribution in [0.3, 0.4) is 0 Å². The fourth-order valence-corrected chi connectivity index (χ4v) is 2.84. The molecule has 1 saturated heterocycles. The molecule has 1 rings (SSSR count). The van der Waals surface area contributed by atoms with Gasteiger partial charge in [-0.1, -0.05) is 6.92 Å². The molecule has 10 heavy (non-hydrogen) atoms. The van der Waals surface area contributed by atoms with Crippen molar-refractivity contribution in [1.82, 2.24) is 0 Å². The minimum atomic E-state index is -1.35. The van der Waals surface area contributed by atoms with E-state index in [4.69, 9.17) is 9.16 Å². The molecule has 0 spiro atoms. The van der Waals surface area contributed by atoms with E-state index >= 15 is 0 Å². The van der Waals surface area contributed by atoms with Gasteiger partial charge in [0.1, 0.15) is 6.10 Å². The predicted octanol–water partition coefficient (Wildman–Crippen LogP) is -0.325. The zero-order chi connectivity index (χ0) is 7.56. The lowest BCUT2D eigenvalue weighted by Crippen LogP contribution is -2.36. The summed E-state index contributed by atoms with van der Waals surface area (Å²) in [5, 5.41) is 9.46. The van der Waals surface area contributed by atoms with Crippen molar-refractivity contribution in [2.45, 2.75) is 24.8 Å². The molecule has 0 aromatic heterocycles. The average molecular weight is 162 g/mol. The van der Waals surface area contributed by atoms with Gasteiger partial charge in [-0.25, -0.2) is 0 Å². The topological polar surface area (TPSA) is 42.0 Å². The molecule has 0 amide bonds. The standard InChI is InChI=1S/C6H14O3Si/c1-3-10(8-2)6(7)5-4-9-5/h5-7,10H,3-4H2,1-2H3. The first-order valence-electron chi connectivity index (χ1n) is 3.62. The van der Waals surface area contributed by atoms with Crippen LogP contribution in [0.25, 0.3) is 0 Å². The van der Waals surface area contributed by atoms with E-state index in [9.17, 15) is 5.11 Å². The second kappa shape index (κ2) is 3.48. The molecule has 0 aliphatic carbocycles. The SMILES string of the molecule is CC[SiH](OC)C(O)C1CO1. The van der Waals surface area contributed by atoms with E-state index in [0.717, 1.165) is 6.04 Å². The van der Waals surface area contributed by atoms with E-state index in [-0.39, 0.29) is 11.8 Å². The van der Waals surface area contributed by atoms with Crippen LogP contribution in [-0.4, -0.2) is 39.7 Å². The van der Waals surface area contributed by atoms with Gasteiger partial charge in [0.2, 0.25) is 9.04 Å². The first-order valence-corrected chi connectivity index (χ1v) is 5.57. The zero-order valence-corrected chi connectivity index (χ0v) is 7.56. The highest BCUT2D eigenvalue weighted by atomic mass is 28.3. The van der Waals surface area contributed by atoms with Crippen molar-refractivity contribution >= 4 is 9.04 Å². The zero-order valence-electron chi connectivity index (χ0n) is 6.41. The Labute approximate surface area is 62.7 Å². The molecule has 1 aliphatic heterocycles. The molecule has 1 aliphatic rings. The van der Waals surface area contributed by atoms with Crippen LogP contribution in [-0.2, 0) is 9.16 Å². The van der Waals surface area contributed by atoms with Crippen LogP contribution in [0.1, 0.15) is 6.92 Å². The van der Waals surface area contributed by atoms with Crippen LogP contribution in [0.5, 0.6) is 0 Å². The van der Waals surface area contributed by atoms with E-state index < -0.39 is 9.04 Å². The highest BCUT2D eigenvalue weighted by molar-refractivity contribution is 6.53. The Kier molecular flexibility index (Phi) is 2.85. The molecule has 0 bridgehead atoms. The number of aliphatic hydroxyl groups excluding tert-OH is 1. The monoisotopic (exact) mass is 162 g/mol. The summed E-state index contributed by atoms with van der Waals surface area (Å²) >= 11 is 0. The Bertz CT molecular complexity index is 101. The lowest BCUT2D eigenvalue weighted by atomic mass is 10.5. The molecule has 60 valence electrons. The number of rotatable bonds is 4. The lowest BCUT2D eigenvalue weighted by molar-refractivity contribution is 0.178. The highest BCUT2D eigenvalue weighted by Crippen LogP contribution is 2.17. The van der Waals surface area contributed by atoms with Gasteiger partial charge >= 0.3 is 0 Å². The van der Waals surface area contributed by atoms with Gasteiger partial charge in [-0.2, -0.15) is 0 Å². The number of hydrogen-bond donors (Lipinski definition) is 1. The third-order valence-electron chi connectivity index (χ3n) is 1.83. The third kappa shape index (κ3) is 1.79. The molecule has 1 fully saturated rings. The van der Waals surface area contributed by atoms with Crippen molar-refractivity contribution < 1.29 is 14.3 Å². The normalized spacial score (nSPS) is 29.7. The minimum absolute atomic E-state index is 0.0940. The maximum Gasteiger partial charge on any atom is 0.207 e. The smallest absolute Gasteiger partial charge is 0.207 e. The van der Waals surface area contributed by atoms with Gasteiger partial charge in [-0.3, -0.25) is 0 Å². The summed E-state index contributed by atoms with van der Waals surface area (Å²) in [6.07, 6.45) is 0.0940. The summed E-state index contributed by atoms with van der Waals surface area (Å²) < 4.78 is 10.1. The number of hydrogen-bond acceptors (Lipinski definition) is 3. The molecular formula is C6H14O3Si. The van der Waals surface area contributed by atoms with Gasteiger partial charge in [-0.05, 0) is 6.04 Å². The Morgan fingerprint density at radius 1 is 1.90 bits per heavy atom. The van der Waals surface area contributed by atoms with Gasteiger partial charge in [0.05, 0.1) is 12.3 Å². The van der Waals surface area contributed by atoms with Gasteiger partial charge in [0.25, 0.3) is 0 Å². The van der Waals surface area contributed by atoms with Crippen molar-refractivity contribution in [3.05, 3.63) is 0 Å². The van der Waals surface area contributed by atoms with Gasteiger partial charge in [0.15, 0.2) is 0 Å². The van der Waals surface area contributed by atoms with Crippen LogP contribution < -0.4 is 0 Å². The van der Waals surface area contributed by atoms with Crippen LogP contribution in [0.15, 0.2) is 0 Å². The summed E-state index contributed by atoms with van der Waals surface area (Å²) in [4.78, 5) is 0. The van der Waals surface area contributed by atoms with E-state index in [1.54, 1.807) is 7.11 Å². The van der Waals surface area contributed by atoms with Crippen molar-refractivity contribution in [2.75, 3.05) is 13.7 Å². The van der Waals surface area contributed by atoms with Crippen molar-refractivity contribution in [3.8, 4) is 0 Å². The molecule has 0 aromatic carbocycles. The van der Waals surface area contributed by atoms with E-state index in [1.165, 1.54) is 0 Å². The predicted molar refractivity (Wildman–Crippen MR) is 40.4 cm³/mol. The molecule has 4 heteroatoms. The Morgan fingerprint density at radius 2 is 2.50 bits per heavy atom. The number of epoxide rings is 1. The van der Waals surface area contributed by atoms with Gasteiger partial charge in [-0.15, -0.1) is 0 Å². The molecule has 1 N–H and O–H groups in total. The summed E-state index contributed by atoms with van der Waals surface area (Å²) in [7, 11) is 0.322. The van der Waals surface area contributed by atoms with Crippen LogP contribution >= 0.6 is 0 Å². The lowest BCUT2D eigenvalue weighted by Gasteiger charge is -2.15. The second-order valence-corrected chi connectivity index (χ2v) is 5.59. The first kappa shape index (κ1) is 8.20. The van der Waals surface area contributed by atoms with Crippen molar-refractivity contribution in [3.63, 3.8) is 0 Å². The van der Waals surface area contributed by atoms with Crippen LogP contribution in [0.2, 0.25) is 6.04 Å². The van der Waals surface area contributed by atoms with Crippen LogP contribution in [0.4, 0.5) is 0 Å². The Morgan fingerprint density at radius 3 is 2.80 bits per heavy atom. The fraction of sp³-hybridized carbons (Fsp3) is 1.00. The van der Waals surface area contributed by atoms with E-state index in [0.29, 0.717) is 6.61 Å². The second-order valence-electron chi connectivity index (χ2n) is 2.54.